The number of nitrogens with zero attached hydrogens (tertiary/aromatic N) is 2. The van der Waals surface area contributed by atoms with E-state index in [0.29, 0.717) is 33.3 Å². The summed E-state index contributed by atoms with van der Waals surface area (Å²) in [6, 6.07) is 3.54. The zero-order valence-corrected chi connectivity index (χ0v) is 16.0. The van der Waals surface area contributed by atoms with Crippen molar-refractivity contribution in [2.45, 2.75) is 37.1 Å². The van der Waals surface area contributed by atoms with Crippen molar-refractivity contribution in [3.63, 3.8) is 0 Å². The van der Waals surface area contributed by atoms with E-state index in [9.17, 15) is 18.0 Å². The molecule has 28 heavy (non-hydrogen) atoms. The fourth-order valence-corrected chi connectivity index (χ4v) is 4.04. The Kier molecular flexibility index (Phi) is 5.71. The van der Waals surface area contributed by atoms with E-state index < -0.39 is 18.3 Å². The van der Waals surface area contributed by atoms with E-state index in [1.54, 1.807) is 7.05 Å². The third kappa shape index (κ3) is 4.17. The second-order valence-electron chi connectivity index (χ2n) is 6.13. The van der Waals surface area contributed by atoms with Crippen molar-refractivity contribution in [1.82, 2.24) is 5.01 Å². The standard InChI is InChI=1S/C18H19F3N4O2S/c1-3-4-5-11(23-2)14-9-13-16(17(26)25(14)22)28-15-8-10(27-18(19,20)21)6-7-12(15)24-13/h4-8,14,24H,3,9,22H2,1-2H3/b5-4-,23-11?. The number of hydrogen-bond acceptors (Lipinski definition) is 6. The van der Waals surface area contributed by atoms with Gasteiger partial charge in [-0.05, 0) is 30.7 Å². The molecule has 0 radical (unpaired) electrons. The maximum Gasteiger partial charge on any atom is 0.573 e. The fraction of sp³-hybridized carbons (Fsp3) is 0.333. The lowest BCUT2D eigenvalue weighted by molar-refractivity contribution is -0.274. The number of carbonyl (C=O) groups excluding carboxylic acids is 1. The number of nitrogens with one attached hydrogen (secondary N) is 1. The molecule has 6 nitrogen and oxygen atoms in total. The molecule has 0 fully saturated rings. The molecule has 0 saturated heterocycles. The van der Waals surface area contributed by atoms with Crippen LogP contribution >= 0.6 is 11.8 Å². The Hall–Kier alpha value is -2.46. The zero-order chi connectivity index (χ0) is 20.5. The Morgan fingerprint density at radius 3 is 2.89 bits per heavy atom. The monoisotopic (exact) mass is 412 g/mol. The van der Waals surface area contributed by atoms with Crippen LogP contribution in [0, 0.1) is 0 Å². The van der Waals surface area contributed by atoms with Crippen LogP contribution in [0.15, 0.2) is 50.8 Å². The van der Waals surface area contributed by atoms with Crippen LogP contribution in [0.1, 0.15) is 19.8 Å². The topological polar surface area (TPSA) is 80.0 Å². The highest BCUT2D eigenvalue weighted by Crippen LogP contribution is 2.45. The van der Waals surface area contributed by atoms with Gasteiger partial charge in [-0.15, -0.1) is 13.2 Å². The van der Waals surface area contributed by atoms with Crippen molar-refractivity contribution in [3.05, 3.63) is 41.0 Å². The number of rotatable bonds is 4. The van der Waals surface area contributed by atoms with Crippen LogP contribution in [0.25, 0.3) is 0 Å². The van der Waals surface area contributed by atoms with Gasteiger partial charge in [0.15, 0.2) is 0 Å². The summed E-state index contributed by atoms with van der Waals surface area (Å²) < 4.78 is 41.3. The van der Waals surface area contributed by atoms with Gasteiger partial charge in [-0.3, -0.25) is 14.8 Å². The molecule has 1 unspecified atom stereocenters. The average Bonchev–Trinajstić information content (AvgIpc) is 2.63. The van der Waals surface area contributed by atoms with Crippen molar-refractivity contribution in [2.75, 3.05) is 12.4 Å². The first kappa shape index (κ1) is 20.3. The van der Waals surface area contributed by atoms with E-state index in [1.165, 1.54) is 18.2 Å². The fourth-order valence-electron chi connectivity index (χ4n) is 2.97. The van der Waals surface area contributed by atoms with Gasteiger partial charge < -0.3 is 10.1 Å². The quantitative estimate of drug-likeness (QED) is 0.446. The molecule has 150 valence electrons. The van der Waals surface area contributed by atoms with E-state index in [2.05, 4.69) is 15.0 Å². The molecular weight excluding hydrogens is 393 g/mol. The highest BCUT2D eigenvalue weighted by atomic mass is 32.2. The second kappa shape index (κ2) is 7.88. The summed E-state index contributed by atoms with van der Waals surface area (Å²) in [6.07, 6.45) is 0.238. The highest BCUT2D eigenvalue weighted by molar-refractivity contribution is 8.04. The molecule has 1 aromatic rings. The number of alkyl halides is 3. The van der Waals surface area contributed by atoms with Gasteiger partial charge in [-0.2, -0.15) is 0 Å². The molecule has 0 spiro atoms. The Bertz CT molecular complexity index is 880. The number of fused-ring (bicyclic) bond motifs is 1. The van der Waals surface area contributed by atoms with Crippen LogP contribution in [0.3, 0.4) is 0 Å². The number of allylic oxidation sites excluding steroid dienone is 1. The lowest BCUT2D eigenvalue weighted by Crippen LogP contribution is -2.53. The van der Waals surface area contributed by atoms with Gasteiger partial charge >= 0.3 is 6.36 Å². The van der Waals surface area contributed by atoms with Crippen molar-refractivity contribution in [2.24, 2.45) is 10.8 Å². The zero-order valence-electron chi connectivity index (χ0n) is 15.2. The minimum Gasteiger partial charge on any atom is -0.406 e. The molecule has 1 amide bonds. The number of halogens is 3. The number of ether oxygens (including phenoxy) is 1. The largest absolute Gasteiger partial charge is 0.573 e. The molecule has 1 aromatic carbocycles. The number of benzene rings is 1. The summed E-state index contributed by atoms with van der Waals surface area (Å²) in [5.41, 5.74) is 1.95. The Balaban J connectivity index is 1.88. The van der Waals surface area contributed by atoms with Crippen molar-refractivity contribution >= 4 is 29.1 Å². The van der Waals surface area contributed by atoms with Gasteiger partial charge in [0.25, 0.3) is 5.91 Å². The van der Waals surface area contributed by atoms with Gasteiger partial charge in [0, 0.05) is 24.1 Å². The predicted molar refractivity (Wildman–Crippen MR) is 102 cm³/mol. The summed E-state index contributed by atoms with van der Waals surface area (Å²) in [4.78, 5) is 17.8. The molecule has 0 aliphatic carbocycles. The summed E-state index contributed by atoms with van der Waals surface area (Å²) in [5.74, 6) is 5.27. The summed E-state index contributed by atoms with van der Waals surface area (Å²) in [6.45, 7) is 1.99. The van der Waals surface area contributed by atoms with E-state index in [4.69, 9.17) is 5.84 Å². The molecular formula is C18H19F3N4O2S. The van der Waals surface area contributed by atoms with Gasteiger partial charge in [0.1, 0.15) is 5.75 Å². The molecule has 0 aromatic heterocycles. The number of thioether (sulfide) groups is 1. The maximum atomic E-state index is 12.8. The molecule has 2 aliphatic heterocycles. The molecule has 2 aliphatic rings. The summed E-state index contributed by atoms with van der Waals surface area (Å²) in [5, 5.41) is 4.27. The van der Waals surface area contributed by atoms with E-state index in [-0.39, 0.29) is 5.75 Å². The number of hydrogen-bond donors (Lipinski definition) is 2. The van der Waals surface area contributed by atoms with Crippen LogP contribution < -0.4 is 15.9 Å². The Labute approximate surface area is 164 Å². The molecule has 0 saturated carbocycles. The normalized spacial score (nSPS) is 20.2. The van der Waals surface area contributed by atoms with Crippen molar-refractivity contribution in [1.29, 1.82) is 0 Å². The summed E-state index contributed by atoms with van der Waals surface area (Å²) >= 11 is 1.07. The predicted octanol–water partition coefficient (Wildman–Crippen LogP) is 3.83. The average molecular weight is 412 g/mol. The third-order valence-corrected chi connectivity index (χ3v) is 5.43. The third-order valence-electron chi connectivity index (χ3n) is 4.24. The lowest BCUT2D eigenvalue weighted by atomic mass is 10.00. The molecule has 3 rings (SSSR count). The number of carbonyl (C=O) groups is 1. The number of anilines is 1. The highest BCUT2D eigenvalue weighted by Gasteiger charge is 2.38. The minimum absolute atomic E-state index is 0.347. The first-order valence-electron chi connectivity index (χ1n) is 8.52. The smallest absolute Gasteiger partial charge is 0.406 e. The summed E-state index contributed by atoms with van der Waals surface area (Å²) in [7, 11) is 1.64. The maximum absolute atomic E-state index is 12.8. The van der Waals surface area contributed by atoms with Crippen molar-refractivity contribution < 1.29 is 22.7 Å². The molecule has 0 bridgehead atoms. The molecule has 3 N–H and O–H groups in total. The van der Waals surface area contributed by atoms with Crippen LogP contribution in [0.5, 0.6) is 5.75 Å². The van der Waals surface area contributed by atoms with Gasteiger partial charge in [0.05, 0.1) is 22.3 Å². The van der Waals surface area contributed by atoms with Crippen molar-refractivity contribution in [3.8, 4) is 5.75 Å². The van der Waals surface area contributed by atoms with E-state index >= 15 is 0 Å². The Morgan fingerprint density at radius 2 is 2.25 bits per heavy atom. The van der Waals surface area contributed by atoms with Crippen LogP contribution in [0.2, 0.25) is 0 Å². The van der Waals surface area contributed by atoms with E-state index in [1.807, 2.05) is 19.1 Å². The minimum atomic E-state index is -4.78. The van der Waals surface area contributed by atoms with Gasteiger partial charge in [0.2, 0.25) is 0 Å². The second-order valence-corrected chi connectivity index (χ2v) is 7.18. The van der Waals surface area contributed by atoms with Crippen LogP contribution in [0.4, 0.5) is 18.9 Å². The first-order chi connectivity index (χ1) is 13.2. The number of nitrogens with two attached hydrogens (primary N) is 1. The molecule has 10 heteroatoms. The Morgan fingerprint density at radius 1 is 1.50 bits per heavy atom. The first-order valence-corrected chi connectivity index (χ1v) is 9.34. The van der Waals surface area contributed by atoms with Crippen LogP contribution in [-0.2, 0) is 4.79 Å². The number of amides is 1. The van der Waals surface area contributed by atoms with E-state index in [0.717, 1.165) is 23.2 Å². The lowest BCUT2D eigenvalue weighted by Gasteiger charge is -2.37. The van der Waals surface area contributed by atoms with Gasteiger partial charge in [-0.25, -0.2) is 5.84 Å². The molecule has 2 heterocycles. The number of aliphatic imine (C=N–C) groups is 1. The molecule has 1 atom stereocenters. The van der Waals surface area contributed by atoms with Gasteiger partial charge in [-0.1, -0.05) is 24.8 Å². The van der Waals surface area contributed by atoms with Crippen LogP contribution in [-0.4, -0.2) is 36.1 Å². The SMILES string of the molecule is CC/C=C\C(=NC)C1CC2=C(Sc3cc(OC(F)(F)F)ccc3N2)C(=O)N1N. The number of hydrazine groups is 1.